The summed E-state index contributed by atoms with van der Waals surface area (Å²) in [4.78, 5) is 12.2. The van der Waals surface area contributed by atoms with E-state index in [2.05, 4.69) is 35.8 Å². The van der Waals surface area contributed by atoms with Crippen LogP contribution in [0.1, 0.15) is 42.5 Å². The van der Waals surface area contributed by atoms with Crippen molar-refractivity contribution >= 4 is 5.91 Å². The summed E-state index contributed by atoms with van der Waals surface area (Å²) in [6.07, 6.45) is 1.99. The Morgan fingerprint density at radius 2 is 2.08 bits per heavy atom. The molecule has 1 heterocycles. The highest BCUT2D eigenvalue weighted by Crippen LogP contribution is 2.19. The average Bonchev–Trinajstić information content (AvgIpc) is 3.15. The molecule has 0 aliphatic carbocycles. The zero-order chi connectivity index (χ0) is 17.6. The van der Waals surface area contributed by atoms with Crippen molar-refractivity contribution < 1.29 is 9.53 Å². The number of hydrogen-bond acceptors (Lipinski definition) is 3. The second-order valence-electron chi connectivity index (χ2n) is 6.73. The van der Waals surface area contributed by atoms with E-state index in [1.807, 2.05) is 37.3 Å². The van der Waals surface area contributed by atoms with Crippen molar-refractivity contribution in [2.75, 3.05) is 6.54 Å². The van der Waals surface area contributed by atoms with E-state index in [1.165, 1.54) is 5.56 Å². The fraction of sp³-hybridized carbons (Fsp3) is 0.381. The summed E-state index contributed by atoms with van der Waals surface area (Å²) >= 11 is 0. The van der Waals surface area contributed by atoms with E-state index in [4.69, 9.17) is 4.74 Å². The lowest BCUT2D eigenvalue weighted by Crippen LogP contribution is -2.41. The zero-order valence-corrected chi connectivity index (χ0v) is 14.9. The molecular formula is C21H26N2O2. The van der Waals surface area contributed by atoms with Crippen molar-refractivity contribution in [3.05, 3.63) is 65.2 Å². The molecule has 132 valence electrons. The summed E-state index contributed by atoms with van der Waals surface area (Å²) in [6.45, 7) is 5.57. The number of amides is 1. The Morgan fingerprint density at radius 1 is 1.28 bits per heavy atom. The van der Waals surface area contributed by atoms with Gasteiger partial charge in [0.1, 0.15) is 12.4 Å². The van der Waals surface area contributed by atoms with Gasteiger partial charge in [-0.05, 0) is 56.5 Å². The zero-order valence-electron chi connectivity index (χ0n) is 14.9. The monoisotopic (exact) mass is 338 g/mol. The molecule has 2 atom stereocenters. The molecule has 4 nitrogen and oxygen atoms in total. The molecule has 0 saturated carbocycles. The van der Waals surface area contributed by atoms with Gasteiger partial charge in [-0.3, -0.25) is 4.79 Å². The van der Waals surface area contributed by atoms with Crippen LogP contribution >= 0.6 is 0 Å². The van der Waals surface area contributed by atoms with Crippen molar-refractivity contribution in [3.63, 3.8) is 0 Å². The number of nitrogens with one attached hydrogen (secondary N) is 2. The Hall–Kier alpha value is -2.33. The van der Waals surface area contributed by atoms with Gasteiger partial charge in [0.15, 0.2) is 0 Å². The van der Waals surface area contributed by atoms with E-state index in [0.717, 1.165) is 36.3 Å². The SMILES string of the molecule is Cc1cccc(COc2ccc(C(C)NC(=O)C3CCCN3)cc2)c1. The van der Waals surface area contributed by atoms with Gasteiger partial charge in [-0.1, -0.05) is 42.0 Å². The second kappa shape index (κ2) is 8.17. The van der Waals surface area contributed by atoms with Crippen LogP contribution in [0.4, 0.5) is 0 Å². The molecule has 1 saturated heterocycles. The standard InChI is InChI=1S/C21H26N2O2/c1-15-5-3-6-17(13-15)14-25-19-10-8-18(9-11-19)16(2)23-21(24)20-7-4-12-22-20/h3,5-6,8-11,13,16,20,22H,4,7,12,14H2,1-2H3,(H,23,24). The first kappa shape index (κ1) is 17.5. The fourth-order valence-electron chi connectivity index (χ4n) is 3.13. The molecule has 2 N–H and O–H groups in total. The molecule has 1 aliphatic rings. The third-order valence-corrected chi connectivity index (χ3v) is 4.60. The molecule has 0 bridgehead atoms. The molecule has 2 unspecified atom stereocenters. The van der Waals surface area contributed by atoms with Crippen LogP contribution in [-0.4, -0.2) is 18.5 Å². The first-order valence-electron chi connectivity index (χ1n) is 8.94. The number of rotatable bonds is 6. The van der Waals surface area contributed by atoms with Crippen LogP contribution in [0.5, 0.6) is 5.75 Å². The molecule has 0 radical (unpaired) electrons. The average molecular weight is 338 g/mol. The Balaban J connectivity index is 1.53. The number of ether oxygens (including phenoxy) is 1. The van der Waals surface area contributed by atoms with Gasteiger partial charge in [0.05, 0.1) is 12.1 Å². The minimum atomic E-state index is -0.0422. The van der Waals surface area contributed by atoms with Crippen LogP contribution < -0.4 is 15.4 Å². The van der Waals surface area contributed by atoms with Gasteiger partial charge in [0.2, 0.25) is 5.91 Å². The van der Waals surface area contributed by atoms with Gasteiger partial charge in [-0.25, -0.2) is 0 Å². The highest BCUT2D eigenvalue weighted by Gasteiger charge is 2.23. The van der Waals surface area contributed by atoms with Gasteiger partial charge in [0.25, 0.3) is 0 Å². The quantitative estimate of drug-likeness (QED) is 0.847. The Bertz CT molecular complexity index is 706. The van der Waals surface area contributed by atoms with Gasteiger partial charge in [-0.15, -0.1) is 0 Å². The van der Waals surface area contributed by atoms with Crippen molar-refractivity contribution in [2.24, 2.45) is 0 Å². The maximum Gasteiger partial charge on any atom is 0.237 e. The predicted octanol–water partition coefficient (Wildman–Crippen LogP) is 3.50. The highest BCUT2D eigenvalue weighted by molar-refractivity contribution is 5.82. The molecule has 4 heteroatoms. The fourth-order valence-corrected chi connectivity index (χ4v) is 3.13. The first-order chi connectivity index (χ1) is 12.1. The van der Waals surface area contributed by atoms with E-state index in [9.17, 15) is 4.79 Å². The van der Waals surface area contributed by atoms with E-state index in [0.29, 0.717) is 6.61 Å². The lowest BCUT2D eigenvalue weighted by molar-refractivity contribution is -0.123. The number of carbonyl (C=O) groups excluding carboxylic acids is 1. The Morgan fingerprint density at radius 3 is 2.76 bits per heavy atom. The summed E-state index contributed by atoms with van der Waals surface area (Å²) in [7, 11) is 0. The Labute approximate surface area is 149 Å². The van der Waals surface area contributed by atoms with Crippen molar-refractivity contribution in [1.29, 1.82) is 0 Å². The van der Waals surface area contributed by atoms with Crippen molar-refractivity contribution in [1.82, 2.24) is 10.6 Å². The minimum Gasteiger partial charge on any atom is -0.489 e. The van der Waals surface area contributed by atoms with Gasteiger partial charge >= 0.3 is 0 Å². The van der Waals surface area contributed by atoms with Gasteiger partial charge in [0, 0.05) is 0 Å². The predicted molar refractivity (Wildman–Crippen MR) is 99.5 cm³/mol. The van der Waals surface area contributed by atoms with Crippen LogP contribution in [0.25, 0.3) is 0 Å². The molecule has 3 rings (SSSR count). The summed E-state index contributed by atoms with van der Waals surface area (Å²) in [5, 5.41) is 6.31. The number of benzene rings is 2. The van der Waals surface area contributed by atoms with Crippen molar-refractivity contribution in [3.8, 4) is 5.75 Å². The van der Waals surface area contributed by atoms with Crippen LogP contribution in [0.2, 0.25) is 0 Å². The van der Waals surface area contributed by atoms with Gasteiger partial charge in [-0.2, -0.15) is 0 Å². The molecule has 25 heavy (non-hydrogen) atoms. The molecule has 1 fully saturated rings. The number of carbonyl (C=O) groups is 1. The van der Waals surface area contributed by atoms with E-state index in [1.54, 1.807) is 0 Å². The maximum atomic E-state index is 12.2. The van der Waals surface area contributed by atoms with Crippen LogP contribution in [0, 0.1) is 6.92 Å². The van der Waals surface area contributed by atoms with E-state index >= 15 is 0 Å². The largest absolute Gasteiger partial charge is 0.489 e. The third-order valence-electron chi connectivity index (χ3n) is 4.60. The lowest BCUT2D eigenvalue weighted by Gasteiger charge is -2.18. The molecular weight excluding hydrogens is 312 g/mol. The summed E-state index contributed by atoms with van der Waals surface area (Å²) < 4.78 is 5.85. The smallest absolute Gasteiger partial charge is 0.237 e. The molecule has 1 aliphatic heterocycles. The minimum absolute atomic E-state index is 0.0132. The molecule has 2 aromatic carbocycles. The summed E-state index contributed by atoms with van der Waals surface area (Å²) in [5.74, 6) is 0.922. The lowest BCUT2D eigenvalue weighted by atomic mass is 10.1. The Kier molecular flexibility index (Phi) is 5.71. The summed E-state index contributed by atoms with van der Waals surface area (Å²) in [6, 6.07) is 16.2. The van der Waals surface area contributed by atoms with E-state index < -0.39 is 0 Å². The number of hydrogen-bond donors (Lipinski definition) is 2. The van der Waals surface area contributed by atoms with Gasteiger partial charge < -0.3 is 15.4 Å². The maximum absolute atomic E-state index is 12.2. The molecule has 0 spiro atoms. The normalized spacial score (nSPS) is 17.9. The second-order valence-corrected chi connectivity index (χ2v) is 6.73. The molecule has 2 aromatic rings. The van der Waals surface area contributed by atoms with Crippen molar-refractivity contribution in [2.45, 2.75) is 45.4 Å². The first-order valence-corrected chi connectivity index (χ1v) is 8.94. The number of aryl methyl sites for hydroxylation is 1. The van der Waals surface area contributed by atoms with Crippen LogP contribution in [0.3, 0.4) is 0 Å². The van der Waals surface area contributed by atoms with Crippen LogP contribution in [-0.2, 0) is 11.4 Å². The van der Waals surface area contributed by atoms with Crippen LogP contribution in [0.15, 0.2) is 48.5 Å². The summed E-state index contributed by atoms with van der Waals surface area (Å²) in [5.41, 5.74) is 3.47. The van der Waals surface area contributed by atoms with E-state index in [-0.39, 0.29) is 18.0 Å². The highest BCUT2D eigenvalue weighted by atomic mass is 16.5. The third kappa shape index (κ3) is 4.83. The molecule has 0 aromatic heterocycles. The molecule has 1 amide bonds. The topological polar surface area (TPSA) is 50.4 Å².